The van der Waals surface area contributed by atoms with E-state index in [2.05, 4.69) is 5.32 Å². The number of aliphatic hydroxyl groups is 1. The molecule has 1 amide bonds. The molecule has 4 aromatic rings. The zero-order valence-corrected chi connectivity index (χ0v) is 21.2. The zero-order chi connectivity index (χ0) is 26.6. The van der Waals surface area contributed by atoms with Gasteiger partial charge in [0, 0.05) is 0 Å². The summed E-state index contributed by atoms with van der Waals surface area (Å²) in [6.07, 6.45) is -0.651. The van der Waals surface area contributed by atoms with E-state index in [1.807, 2.05) is 91.0 Å². The molecule has 7 heteroatoms. The van der Waals surface area contributed by atoms with Crippen molar-refractivity contribution in [1.82, 2.24) is 5.32 Å². The fourth-order valence-electron chi connectivity index (χ4n) is 3.83. The van der Waals surface area contributed by atoms with Crippen molar-refractivity contribution in [3.05, 3.63) is 125 Å². The van der Waals surface area contributed by atoms with Gasteiger partial charge in [-0.2, -0.15) is 0 Å². The third-order valence-electron chi connectivity index (χ3n) is 5.81. The molecule has 0 radical (unpaired) electrons. The number of amides is 1. The van der Waals surface area contributed by atoms with Crippen molar-refractivity contribution in [2.45, 2.75) is 25.9 Å². The summed E-state index contributed by atoms with van der Waals surface area (Å²) in [5, 5.41) is 12.9. The first kappa shape index (κ1) is 26.6. The van der Waals surface area contributed by atoms with Gasteiger partial charge in [-0.3, -0.25) is 0 Å². The van der Waals surface area contributed by atoms with Crippen LogP contribution >= 0.6 is 0 Å². The fourth-order valence-corrected chi connectivity index (χ4v) is 3.83. The van der Waals surface area contributed by atoms with E-state index in [9.17, 15) is 9.90 Å². The molecule has 0 saturated heterocycles. The highest BCUT2D eigenvalue weighted by molar-refractivity contribution is 5.68. The lowest BCUT2D eigenvalue weighted by Gasteiger charge is -2.21. The minimum Gasteiger partial charge on any atom is -0.490 e. The van der Waals surface area contributed by atoms with Crippen LogP contribution in [0.25, 0.3) is 0 Å². The van der Waals surface area contributed by atoms with Crippen molar-refractivity contribution in [1.29, 1.82) is 0 Å². The Morgan fingerprint density at radius 3 is 1.61 bits per heavy atom. The van der Waals surface area contributed by atoms with Gasteiger partial charge in [-0.15, -0.1) is 0 Å². The van der Waals surface area contributed by atoms with Crippen LogP contribution < -0.4 is 19.5 Å². The molecular weight excluding hydrogens is 482 g/mol. The fraction of sp³-hybridized carbons (Fsp3) is 0.194. The van der Waals surface area contributed by atoms with Crippen LogP contribution in [-0.2, 0) is 24.6 Å². The lowest BCUT2D eigenvalue weighted by molar-refractivity contribution is 0.129. The number of nitrogens with one attached hydrogen (secondary N) is 1. The monoisotopic (exact) mass is 513 g/mol. The third-order valence-corrected chi connectivity index (χ3v) is 5.81. The Kier molecular flexibility index (Phi) is 9.59. The number of rotatable bonds is 12. The Morgan fingerprint density at radius 1 is 0.737 bits per heavy atom. The van der Waals surface area contributed by atoms with Crippen LogP contribution in [0.15, 0.2) is 103 Å². The standard InChI is InChI=1S/C31H31NO6/c1-35-30-28(36-20-23-11-5-2-6-12-23)17-26(18-29(30)37-21-24-13-7-3-8-14-24)27(19-33)32-31(34)38-22-25-15-9-4-10-16-25/h2-18,27,33H,19-22H2,1H3,(H,32,34)/t27-/m0/s1. The number of methoxy groups -OCH3 is 1. The quantitative estimate of drug-likeness (QED) is 0.249. The SMILES string of the molecule is COc1c(OCc2ccccc2)cc([C@H](CO)NC(=O)OCc2ccccc2)cc1OCc1ccccc1. The van der Waals surface area contributed by atoms with Gasteiger partial charge in [0.1, 0.15) is 19.8 Å². The van der Waals surface area contributed by atoms with Crippen molar-refractivity contribution in [2.75, 3.05) is 13.7 Å². The summed E-state index contributed by atoms with van der Waals surface area (Å²) in [6, 6.07) is 31.6. The Balaban J connectivity index is 1.56. The molecule has 196 valence electrons. The Labute approximate surface area is 222 Å². The maximum absolute atomic E-state index is 12.5. The second kappa shape index (κ2) is 13.7. The van der Waals surface area contributed by atoms with Crippen LogP contribution in [0.4, 0.5) is 4.79 Å². The molecule has 0 aliphatic heterocycles. The molecule has 0 aliphatic rings. The number of ether oxygens (including phenoxy) is 4. The van der Waals surface area contributed by atoms with Gasteiger partial charge in [-0.1, -0.05) is 91.0 Å². The topological polar surface area (TPSA) is 86.2 Å². The molecule has 0 aromatic heterocycles. The lowest BCUT2D eigenvalue weighted by Crippen LogP contribution is -2.31. The zero-order valence-electron chi connectivity index (χ0n) is 21.2. The summed E-state index contributed by atoms with van der Waals surface area (Å²) in [5.41, 5.74) is 3.40. The van der Waals surface area contributed by atoms with E-state index in [-0.39, 0.29) is 13.2 Å². The number of alkyl carbamates (subject to hydrolysis) is 1. The molecule has 0 unspecified atom stereocenters. The van der Waals surface area contributed by atoms with Crippen LogP contribution in [0.5, 0.6) is 17.2 Å². The molecule has 1 atom stereocenters. The summed E-state index contributed by atoms with van der Waals surface area (Å²) in [5.74, 6) is 1.27. The van der Waals surface area contributed by atoms with E-state index in [1.54, 1.807) is 19.2 Å². The van der Waals surface area contributed by atoms with E-state index in [0.717, 1.165) is 16.7 Å². The predicted molar refractivity (Wildman–Crippen MR) is 144 cm³/mol. The van der Waals surface area contributed by atoms with Crippen molar-refractivity contribution in [3.8, 4) is 17.2 Å². The maximum Gasteiger partial charge on any atom is 0.408 e. The van der Waals surface area contributed by atoms with Crippen molar-refractivity contribution in [3.63, 3.8) is 0 Å². The van der Waals surface area contributed by atoms with Gasteiger partial charge in [-0.05, 0) is 34.4 Å². The van der Waals surface area contributed by atoms with Gasteiger partial charge in [-0.25, -0.2) is 4.79 Å². The minimum absolute atomic E-state index is 0.115. The number of benzene rings is 4. The number of hydrogen-bond acceptors (Lipinski definition) is 6. The van der Waals surface area contributed by atoms with Gasteiger partial charge in [0.05, 0.1) is 19.8 Å². The van der Waals surface area contributed by atoms with Crippen LogP contribution in [0.1, 0.15) is 28.3 Å². The second-order valence-corrected chi connectivity index (χ2v) is 8.54. The van der Waals surface area contributed by atoms with Crippen LogP contribution in [0.2, 0.25) is 0 Å². The molecule has 38 heavy (non-hydrogen) atoms. The second-order valence-electron chi connectivity index (χ2n) is 8.54. The van der Waals surface area contributed by atoms with Crippen LogP contribution in [-0.4, -0.2) is 24.9 Å². The molecule has 0 bridgehead atoms. The molecule has 0 fully saturated rings. The van der Waals surface area contributed by atoms with E-state index in [0.29, 0.717) is 36.0 Å². The number of hydrogen-bond donors (Lipinski definition) is 2. The van der Waals surface area contributed by atoms with E-state index < -0.39 is 12.1 Å². The Morgan fingerprint density at radius 2 is 1.18 bits per heavy atom. The molecule has 4 rings (SSSR count). The van der Waals surface area contributed by atoms with Crippen LogP contribution in [0, 0.1) is 0 Å². The average molecular weight is 514 g/mol. The molecule has 7 nitrogen and oxygen atoms in total. The maximum atomic E-state index is 12.5. The normalized spacial score (nSPS) is 11.3. The highest BCUT2D eigenvalue weighted by atomic mass is 16.5. The largest absolute Gasteiger partial charge is 0.490 e. The number of carbonyl (C=O) groups excluding carboxylic acids is 1. The molecule has 0 saturated carbocycles. The summed E-state index contributed by atoms with van der Waals surface area (Å²) in [7, 11) is 1.54. The van der Waals surface area contributed by atoms with Crippen molar-refractivity contribution < 1.29 is 28.8 Å². The smallest absolute Gasteiger partial charge is 0.408 e. The van der Waals surface area contributed by atoms with E-state index >= 15 is 0 Å². The summed E-state index contributed by atoms with van der Waals surface area (Å²) >= 11 is 0. The van der Waals surface area contributed by atoms with Gasteiger partial charge in [0.2, 0.25) is 5.75 Å². The molecule has 4 aromatic carbocycles. The summed E-state index contributed by atoms with van der Waals surface area (Å²) in [4.78, 5) is 12.5. The van der Waals surface area contributed by atoms with Crippen molar-refractivity contribution >= 4 is 6.09 Å². The number of aliphatic hydroxyl groups excluding tert-OH is 1. The van der Waals surface area contributed by atoms with Crippen LogP contribution in [0.3, 0.4) is 0 Å². The summed E-state index contributed by atoms with van der Waals surface area (Å²) in [6.45, 7) is 0.359. The summed E-state index contributed by atoms with van der Waals surface area (Å²) < 4.78 is 23.3. The predicted octanol–water partition coefficient (Wildman–Crippen LogP) is 5.81. The molecule has 0 spiro atoms. The lowest BCUT2D eigenvalue weighted by atomic mass is 10.1. The average Bonchev–Trinajstić information content (AvgIpc) is 2.98. The Hall–Kier alpha value is -4.49. The first-order valence-corrected chi connectivity index (χ1v) is 12.3. The number of carbonyl (C=O) groups is 1. The van der Waals surface area contributed by atoms with E-state index in [4.69, 9.17) is 18.9 Å². The van der Waals surface area contributed by atoms with E-state index in [1.165, 1.54) is 0 Å². The van der Waals surface area contributed by atoms with Crippen molar-refractivity contribution in [2.24, 2.45) is 0 Å². The van der Waals surface area contributed by atoms with Gasteiger partial charge >= 0.3 is 6.09 Å². The molecule has 0 aliphatic carbocycles. The highest BCUT2D eigenvalue weighted by Crippen LogP contribution is 2.41. The first-order chi connectivity index (χ1) is 18.7. The van der Waals surface area contributed by atoms with Gasteiger partial charge in [0.25, 0.3) is 0 Å². The minimum atomic E-state index is -0.762. The van der Waals surface area contributed by atoms with Gasteiger partial charge < -0.3 is 29.4 Å². The van der Waals surface area contributed by atoms with Gasteiger partial charge in [0.15, 0.2) is 11.5 Å². The molecular formula is C31H31NO6. The Bertz CT molecular complexity index is 1220. The third kappa shape index (κ3) is 7.51. The highest BCUT2D eigenvalue weighted by Gasteiger charge is 2.21. The molecule has 2 N–H and O–H groups in total. The first-order valence-electron chi connectivity index (χ1n) is 12.3. The molecule has 0 heterocycles.